The second-order valence-corrected chi connectivity index (χ2v) is 5.65. The normalized spacial score (nSPS) is 18.8. The van der Waals surface area contributed by atoms with Gasteiger partial charge in [0.25, 0.3) is 5.91 Å². The molecule has 1 aromatic carbocycles. The third-order valence-electron chi connectivity index (χ3n) is 3.97. The van der Waals surface area contributed by atoms with Gasteiger partial charge in [-0.25, -0.2) is 0 Å². The van der Waals surface area contributed by atoms with E-state index in [-0.39, 0.29) is 11.9 Å². The van der Waals surface area contributed by atoms with Gasteiger partial charge in [-0.15, -0.1) is 0 Å². The molecular weight excluding hydrogens is 282 g/mol. The third kappa shape index (κ3) is 4.37. The SMILES string of the molecule is COc1ccc(OC)c(C(=O)N[C@H](C)CC[C@@H]2CCCO2)c1. The van der Waals surface area contributed by atoms with Crippen molar-refractivity contribution < 1.29 is 19.0 Å². The molecule has 1 heterocycles. The van der Waals surface area contributed by atoms with E-state index >= 15 is 0 Å². The lowest BCUT2D eigenvalue weighted by atomic mass is 10.1. The van der Waals surface area contributed by atoms with Gasteiger partial charge in [0.1, 0.15) is 11.5 Å². The highest BCUT2D eigenvalue weighted by atomic mass is 16.5. The molecule has 1 fully saturated rings. The first kappa shape index (κ1) is 16.6. The summed E-state index contributed by atoms with van der Waals surface area (Å²) in [6.07, 6.45) is 4.52. The van der Waals surface area contributed by atoms with Crippen molar-refractivity contribution in [2.75, 3.05) is 20.8 Å². The second-order valence-electron chi connectivity index (χ2n) is 5.65. The number of ether oxygens (including phenoxy) is 3. The zero-order valence-corrected chi connectivity index (χ0v) is 13.6. The zero-order valence-electron chi connectivity index (χ0n) is 13.6. The van der Waals surface area contributed by atoms with Gasteiger partial charge >= 0.3 is 0 Å². The Hall–Kier alpha value is -1.75. The number of nitrogens with one attached hydrogen (secondary N) is 1. The van der Waals surface area contributed by atoms with Crippen LogP contribution in [-0.4, -0.2) is 38.9 Å². The Labute approximate surface area is 131 Å². The van der Waals surface area contributed by atoms with Gasteiger partial charge in [-0.05, 0) is 50.8 Å². The molecule has 5 nitrogen and oxygen atoms in total. The lowest BCUT2D eigenvalue weighted by molar-refractivity contribution is 0.0897. The molecule has 0 unspecified atom stereocenters. The zero-order chi connectivity index (χ0) is 15.9. The average molecular weight is 307 g/mol. The largest absolute Gasteiger partial charge is 0.497 e. The minimum absolute atomic E-state index is 0.0904. The Balaban J connectivity index is 1.92. The Bertz CT molecular complexity index is 497. The van der Waals surface area contributed by atoms with Crippen molar-refractivity contribution in [2.45, 2.75) is 44.8 Å². The summed E-state index contributed by atoms with van der Waals surface area (Å²) in [7, 11) is 3.13. The van der Waals surface area contributed by atoms with Crippen molar-refractivity contribution in [3.05, 3.63) is 23.8 Å². The summed E-state index contributed by atoms with van der Waals surface area (Å²) < 4.78 is 16.0. The number of rotatable bonds is 7. The number of amides is 1. The van der Waals surface area contributed by atoms with Gasteiger partial charge in [0.05, 0.1) is 25.9 Å². The van der Waals surface area contributed by atoms with E-state index in [1.165, 1.54) is 0 Å². The van der Waals surface area contributed by atoms with Crippen LogP contribution in [0.5, 0.6) is 11.5 Å². The van der Waals surface area contributed by atoms with Gasteiger partial charge in [0.15, 0.2) is 0 Å². The van der Waals surface area contributed by atoms with Crippen LogP contribution in [-0.2, 0) is 4.74 Å². The van der Waals surface area contributed by atoms with Crippen LogP contribution in [0.2, 0.25) is 0 Å². The van der Waals surface area contributed by atoms with Crippen molar-refractivity contribution in [2.24, 2.45) is 0 Å². The Morgan fingerprint density at radius 1 is 1.41 bits per heavy atom. The Kier molecular flexibility index (Phi) is 6.07. The second kappa shape index (κ2) is 8.03. The van der Waals surface area contributed by atoms with Gasteiger partial charge in [-0.1, -0.05) is 0 Å². The van der Waals surface area contributed by atoms with E-state index in [9.17, 15) is 4.79 Å². The summed E-state index contributed by atoms with van der Waals surface area (Å²) >= 11 is 0. The molecule has 0 spiro atoms. The summed E-state index contributed by atoms with van der Waals surface area (Å²) in [4.78, 5) is 12.4. The standard InChI is InChI=1S/C17H25NO4/c1-12(6-7-13-5-4-10-22-13)18-17(19)15-11-14(20-2)8-9-16(15)21-3/h8-9,11-13H,4-7,10H2,1-3H3,(H,18,19)/t12-,13+/m1/s1. The number of carbonyl (C=O) groups excluding carboxylic acids is 1. The topological polar surface area (TPSA) is 56.8 Å². The van der Waals surface area contributed by atoms with Crippen LogP contribution in [0.4, 0.5) is 0 Å². The van der Waals surface area contributed by atoms with E-state index in [4.69, 9.17) is 14.2 Å². The monoisotopic (exact) mass is 307 g/mol. The molecular formula is C17H25NO4. The van der Waals surface area contributed by atoms with Gasteiger partial charge < -0.3 is 19.5 Å². The maximum Gasteiger partial charge on any atom is 0.255 e. The quantitative estimate of drug-likeness (QED) is 0.841. The van der Waals surface area contributed by atoms with Gasteiger partial charge in [0, 0.05) is 12.6 Å². The van der Waals surface area contributed by atoms with E-state index in [1.807, 2.05) is 6.92 Å². The smallest absolute Gasteiger partial charge is 0.255 e. The van der Waals surface area contributed by atoms with Crippen molar-refractivity contribution in [1.82, 2.24) is 5.32 Å². The first-order valence-corrected chi connectivity index (χ1v) is 7.78. The summed E-state index contributed by atoms with van der Waals surface area (Å²) in [6.45, 7) is 2.88. The number of methoxy groups -OCH3 is 2. The fourth-order valence-electron chi connectivity index (χ4n) is 2.67. The van der Waals surface area contributed by atoms with Crippen molar-refractivity contribution >= 4 is 5.91 Å². The number of benzene rings is 1. The van der Waals surface area contributed by atoms with Gasteiger partial charge in [-0.3, -0.25) is 4.79 Å². The highest BCUT2D eigenvalue weighted by Gasteiger charge is 2.19. The molecule has 0 aliphatic carbocycles. The number of carbonyl (C=O) groups is 1. The fraction of sp³-hybridized carbons (Fsp3) is 0.588. The highest BCUT2D eigenvalue weighted by Crippen LogP contribution is 2.24. The first-order valence-electron chi connectivity index (χ1n) is 7.78. The summed E-state index contributed by atoms with van der Waals surface area (Å²) in [6, 6.07) is 5.30. The van der Waals surface area contributed by atoms with Crippen LogP contribution < -0.4 is 14.8 Å². The molecule has 5 heteroatoms. The lowest BCUT2D eigenvalue weighted by Crippen LogP contribution is -2.33. The molecule has 0 radical (unpaired) electrons. The molecule has 1 aliphatic rings. The number of hydrogen-bond donors (Lipinski definition) is 1. The molecule has 1 amide bonds. The molecule has 122 valence electrons. The van der Waals surface area contributed by atoms with E-state index in [2.05, 4.69) is 5.32 Å². The van der Waals surface area contributed by atoms with Crippen molar-refractivity contribution in [3.8, 4) is 11.5 Å². The third-order valence-corrected chi connectivity index (χ3v) is 3.97. The van der Waals surface area contributed by atoms with E-state index < -0.39 is 0 Å². The van der Waals surface area contributed by atoms with Crippen LogP contribution in [0.25, 0.3) is 0 Å². The van der Waals surface area contributed by atoms with Crippen molar-refractivity contribution in [1.29, 1.82) is 0 Å². The highest BCUT2D eigenvalue weighted by molar-refractivity contribution is 5.97. The predicted octanol–water partition coefficient (Wildman–Crippen LogP) is 2.78. The number of hydrogen-bond acceptors (Lipinski definition) is 4. The Morgan fingerprint density at radius 2 is 2.23 bits per heavy atom. The summed E-state index contributed by atoms with van der Waals surface area (Å²) in [5.41, 5.74) is 0.491. The molecule has 2 rings (SSSR count). The van der Waals surface area contributed by atoms with Crippen LogP contribution in [0.3, 0.4) is 0 Å². The van der Waals surface area contributed by atoms with Crippen molar-refractivity contribution in [3.63, 3.8) is 0 Å². The molecule has 0 bridgehead atoms. The van der Waals surface area contributed by atoms with Crippen LogP contribution in [0.15, 0.2) is 18.2 Å². The minimum atomic E-state index is -0.143. The average Bonchev–Trinajstić information content (AvgIpc) is 3.05. The first-order chi connectivity index (χ1) is 10.6. The predicted molar refractivity (Wildman–Crippen MR) is 84.7 cm³/mol. The molecule has 1 aliphatic heterocycles. The maximum atomic E-state index is 12.4. The molecule has 1 aromatic rings. The van der Waals surface area contributed by atoms with E-state index in [0.29, 0.717) is 23.2 Å². The van der Waals surface area contributed by atoms with E-state index in [0.717, 1.165) is 32.3 Å². The lowest BCUT2D eigenvalue weighted by Gasteiger charge is -2.17. The molecule has 1 N–H and O–H groups in total. The summed E-state index contributed by atoms with van der Waals surface area (Å²) in [5, 5.41) is 3.02. The minimum Gasteiger partial charge on any atom is -0.497 e. The van der Waals surface area contributed by atoms with Gasteiger partial charge in [-0.2, -0.15) is 0 Å². The molecule has 2 atom stereocenters. The van der Waals surface area contributed by atoms with Crippen LogP contribution >= 0.6 is 0 Å². The molecule has 1 saturated heterocycles. The maximum absolute atomic E-state index is 12.4. The van der Waals surface area contributed by atoms with Crippen LogP contribution in [0, 0.1) is 0 Å². The molecule has 0 aromatic heterocycles. The summed E-state index contributed by atoms with van der Waals surface area (Å²) in [5.74, 6) is 1.04. The van der Waals surface area contributed by atoms with Gasteiger partial charge in [0.2, 0.25) is 0 Å². The Morgan fingerprint density at radius 3 is 2.86 bits per heavy atom. The molecule has 22 heavy (non-hydrogen) atoms. The van der Waals surface area contributed by atoms with E-state index in [1.54, 1.807) is 32.4 Å². The fourth-order valence-corrected chi connectivity index (χ4v) is 2.67. The molecule has 0 saturated carbocycles. The van der Waals surface area contributed by atoms with Crippen LogP contribution in [0.1, 0.15) is 43.0 Å².